The standard InChI is InChI=1S/C16H23N3O4S/c1-12-16(13(2)23-18-12)24(20,21)17-10-14-5-7-19(8-6-14)11-15-4-3-9-22-15/h3-4,9,14,17H,5-8,10-11H2,1-2H3. The van der Waals surface area contributed by atoms with Gasteiger partial charge in [-0.25, -0.2) is 13.1 Å². The molecule has 132 valence electrons. The second-order valence-corrected chi connectivity index (χ2v) is 8.01. The lowest BCUT2D eigenvalue weighted by Crippen LogP contribution is -2.38. The fraction of sp³-hybridized carbons (Fsp3) is 0.562. The Balaban J connectivity index is 1.50. The third-order valence-corrected chi connectivity index (χ3v) is 6.13. The van der Waals surface area contributed by atoms with E-state index in [0.29, 0.717) is 23.9 Å². The maximum absolute atomic E-state index is 12.4. The van der Waals surface area contributed by atoms with Crippen molar-refractivity contribution in [1.29, 1.82) is 0 Å². The first-order chi connectivity index (χ1) is 11.5. The number of aromatic nitrogens is 1. The molecule has 0 saturated carbocycles. The predicted octanol–water partition coefficient (Wildman–Crippen LogP) is 2.07. The molecule has 1 saturated heterocycles. The summed E-state index contributed by atoms with van der Waals surface area (Å²) in [6, 6.07) is 3.87. The number of furan rings is 1. The summed E-state index contributed by atoms with van der Waals surface area (Å²) in [5.41, 5.74) is 0.397. The first kappa shape index (κ1) is 17.2. The lowest BCUT2D eigenvalue weighted by molar-refractivity contribution is 0.168. The fourth-order valence-corrected chi connectivity index (χ4v) is 4.57. The molecule has 1 aliphatic rings. The topological polar surface area (TPSA) is 88.6 Å². The summed E-state index contributed by atoms with van der Waals surface area (Å²) in [7, 11) is -3.57. The molecule has 0 spiro atoms. The SMILES string of the molecule is Cc1noc(C)c1S(=O)(=O)NCC1CCN(Cc2ccco2)CC1. The van der Waals surface area contributed by atoms with Crippen LogP contribution in [0.4, 0.5) is 0 Å². The van der Waals surface area contributed by atoms with E-state index in [2.05, 4.69) is 14.8 Å². The van der Waals surface area contributed by atoms with Crippen molar-refractivity contribution in [3.8, 4) is 0 Å². The minimum Gasteiger partial charge on any atom is -0.468 e. The Morgan fingerprint density at radius 1 is 1.33 bits per heavy atom. The molecule has 0 amide bonds. The Morgan fingerprint density at radius 2 is 2.08 bits per heavy atom. The highest BCUT2D eigenvalue weighted by Crippen LogP contribution is 2.21. The number of nitrogens with zero attached hydrogens (tertiary/aromatic N) is 2. The number of aryl methyl sites for hydroxylation is 2. The minimum absolute atomic E-state index is 0.165. The molecule has 1 fully saturated rings. The van der Waals surface area contributed by atoms with E-state index in [9.17, 15) is 8.42 Å². The van der Waals surface area contributed by atoms with E-state index in [4.69, 9.17) is 8.94 Å². The molecule has 8 heteroatoms. The van der Waals surface area contributed by atoms with E-state index >= 15 is 0 Å². The van der Waals surface area contributed by atoms with Crippen molar-refractivity contribution in [2.45, 2.75) is 38.1 Å². The molecule has 1 aliphatic heterocycles. The summed E-state index contributed by atoms with van der Waals surface area (Å²) in [6.07, 6.45) is 3.61. The van der Waals surface area contributed by atoms with Crippen LogP contribution in [0.1, 0.15) is 30.1 Å². The maximum atomic E-state index is 12.4. The first-order valence-electron chi connectivity index (χ1n) is 8.13. The average molecular weight is 353 g/mol. The molecule has 0 atom stereocenters. The van der Waals surface area contributed by atoms with Crippen LogP contribution in [0.15, 0.2) is 32.2 Å². The van der Waals surface area contributed by atoms with Gasteiger partial charge in [-0.15, -0.1) is 0 Å². The third-order valence-electron chi connectivity index (χ3n) is 4.47. The van der Waals surface area contributed by atoms with Crippen molar-refractivity contribution >= 4 is 10.0 Å². The fourth-order valence-electron chi connectivity index (χ4n) is 3.13. The number of hydrogen-bond donors (Lipinski definition) is 1. The zero-order valence-corrected chi connectivity index (χ0v) is 14.8. The van der Waals surface area contributed by atoms with Gasteiger partial charge >= 0.3 is 0 Å². The van der Waals surface area contributed by atoms with Gasteiger partial charge < -0.3 is 8.94 Å². The second-order valence-electron chi connectivity index (χ2n) is 6.30. The van der Waals surface area contributed by atoms with E-state index in [0.717, 1.165) is 38.2 Å². The van der Waals surface area contributed by atoms with Gasteiger partial charge in [0.15, 0.2) is 5.76 Å². The molecule has 2 aromatic rings. The van der Waals surface area contributed by atoms with Crippen molar-refractivity contribution < 1.29 is 17.4 Å². The first-order valence-corrected chi connectivity index (χ1v) is 9.61. The highest BCUT2D eigenvalue weighted by molar-refractivity contribution is 7.89. The molecule has 3 heterocycles. The van der Waals surface area contributed by atoms with Gasteiger partial charge in [-0.3, -0.25) is 4.90 Å². The van der Waals surface area contributed by atoms with Gasteiger partial charge in [0.2, 0.25) is 10.0 Å². The number of hydrogen-bond acceptors (Lipinski definition) is 6. The summed E-state index contributed by atoms with van der Waals surface area (Å²) in [4.78, 5) is 2.50. The zero-order chi connectivity index (χ0) is 17.2. The molecule has 2 aromatic heterocycles. The Morgan fingerprint density at radius 3 is 2.67 bits per heavy atom. The Hall–Kier alpha value is -1.64. The smallest absolute Gasteiger partial charge is 0.245 e. The van der Waals surface area contributed by atoms with Crippen LogP contribution in [-0.2, 0) is 16.6 Å². The van der Waals surface area contributed by atoms with Crippen LogP contribution in [0.2, 0.25) is 0 Å². The van der Waals surface area contributed by atoms with Crippen molar-refractivity contribution in [3.63, 3.8) is 0 Å². The van der Waals surface area contributed by atoms with E-state index in [1.165, 1.54) is 0 Å². The highest BCUT2D eigenvalue weighted by atomic mass is 32.2. The van der Waals surface area contributed by atoms with Crippen LogP contribution in [0.3, 0.4) is 0 Å². The summed E-state index contributed by atoms with van der Waals surface area (Å²) < 4.78 is 37.9. The predicted molar refractivity (Wildman–Crippen MR) is 87.9 cm³/mol. The monoisotopic (exact) mass is 353 g/mol. The number of piperidine rings is 1. The molecule has 7 nitrogen and oxygen atoms in total. The second kappa shape index (κ2) is 7.08. The molecule has 0 aliphatic carbocycles. The lowest BCUT2D eigenvalue weighted by atomic mass is 9.97. The van der Waals surface area contributed by atoms with Gasteiger partial charge in [0.1, 0.15) is 16.3 Å². The van der Waals surface area contributed by atoms with Crippen LogP contribution >= 0.6 is 0 Å². The van der Waals surface area contributed by atoms with E-state index in [-0.39, 0.29) is 4.90 Å². The molecule has 0 unspecified atom stereocenters. The normalized spacial score (nSPS) is 17.4. The molecule has 3 rings (SSSR count). The highest BCUT2D eigenvalue weighted by Gasteiger charge is 2.26. The average Bonchev–Trinajstić information content (AvgIpc) is 3.17. The summed E-state index contributed by atoms with van der Waals surface area (Å²) >= 11 is 0. The van der Waals surface area contributed by atoms with Crippen molar-refractivity contribution in [3.05, 3.63) is 35.6 Å². The molecule has 0 bridgehead atoms. The Labute approximate surface area is 142 Å². The zero-order valence-electron chi connectivity index (χ0n) is 14.0. The van der Waals surface area contributed by atoms with Gasteiger partial charge in [-0.2, -0.15) is 0 Å². The van der Waals surface area contributed by atoms with Gasteiger partial charge in [-0.1, -0.05) is 5.16 Å². The van der Waals surface area contributed by atoms with Gasteiger partial charge in [0.05, 0.1) is 12.8 Å². The summed E-state index contributed by atoms with van der Waals surface area (Å²) in [6.45, 7) is 6.39. The maximum Gasteiger partial charge on any atom is 0.245 e. The van der Waals surface area contributed by atoms with Crippen LogP contribution < -0.4 is 4.72 Å². The van der Waals surface area contributed by atoms with Crippen LogP contribution in [0.5, 0.6) is 0 Å². The Bertz CT molecular complexity index is 740. The van der Waals surface area contributed by atoms with Gasteiger partial charge in [0, 0.05) is 6.54 Å². The largest absolute Gasteiger partial charge is 0.468 e. The van der Waals surface area contributed by atoms with Crippen LogP contribution in [-0.4, -0.2) is 38.1 Å². The third kappa shape index (κ3) is 3.88. The van der Waals surface area contributed by atoms with E-state index in [1.807, 2.05) is 12.1 Å². The van der Waals surface area contributed by atoms with Gasteiger partial charge in [-0.05, 0) is 57.8 Å². The van der Waals surface area contributed by atoms with Crippen molar-refractivity contribution in [2.75, 3.05) is 19.6 Å². The summed E-state index contributed by atoms with van der Waals surface area (Å²) in [5, 5.41) is 3.71. The van der Waals surface area contributed by atoms with E-state index in [1.54, 1.807) is 20.1 Å². The number of rotatable bonds is 6. The number of nitrogens with one attached hydrogen (secondary N) is 1. The molecular formula is C16H23N3O4S. The Kier molecular flexibility index (Phi) is 5.07. The quantitative estimate of drug-likeness (QED) is 0.855. The molecule has 24 heavy (non-hydrogen) atoms. The van der Waals surface area contributed by atoms with Crippen molar-refractivity contribution in [2.24, 2.45) is 5.92 Å². The van der Waals surface area contributed by atoms with Crippen LogP contribution in [0, 0.1) is 19.8 Å². The molecule has 0 aromatic carbocycles. The number of likely N-dealkylation sites (tertiary alicyclic amines) is 1. The lowest BCUT2D eigenvalue weighted by Gasteiger charge is -2.31. The minimum atomic E-state index is -3.57. The molecular weight excluding hydrogens is 330 g/mol. The summed E-state index contributed by atoms with van der Waals surface area (Å²) in [5.74, 6) is 1.63. The number of sulfonamides is 1. The van der Waals surface area contributed by atoms with E-state index < -0.39 is 10.0 Å². The van der Waals surface area contributed by atoms with Gasteiger partial charge in [0.25, 0.3) is 0 Å². The molecule has 1 N–H and O–H groups in total. The van der Waals surface area contributed by atoms with Crippen molar-refractivity contribution in [1.82, 2.24) is 14.8 Å². The van der Waals surface area contributed by atoms with Crippen LogP contribution in [0.25, 0.3) is 0 Å². The molecule has 0 radical (unpaired) electrons.